The molecule has 3 heterocycles. The number of halogens is 1. The lowest BCUT2D eigenvalue weighted by Crippen LogP contribution is -2.85. The van der Waals surface area contributed by atoms with E-state index in [2.05, 4.69) is 31.9 Å². The molecule has 5 N–H and O–H groups in total. The van der Waals surface area contributed by atoms with Crippen LogP contribution in [0.4, 0.5) is 4.79 Å². The summed E-state index contributed by atoms with van der Waals surface area (Å²) >= 11 is 4.55. The van der Waals surface area contributed by atoms with Crippen LogP contribution in [0.3, 0.4) is 0 Å². The number of phenolic OH excluding ortho intramolecular Hbond substituents is 2. The number of amides is 7. The van der Waals surface area contributed by atoms with Crippen molar-refractivity contribution in [2.75, 3.05) is 30.7 Å². The van der Waals surface area contributed by atoms with Crippen LogP contribution in [0.5, 0.6) is 11.5 Å². The Morgan fingerprint density at radius 3 is 2.18 bits per heavy atom. The Hall–Kier alpha value is -5.88. The Balaban J connectivity index is 1.29. The molecule has 6 rings (SSSR count). The second-order valence-corrected chi connectivity index (χ2v) is 14.2. The first-order valence-electron chi connectivity index (χ1n) is 17.0. The molecule has 7 amide bonds. The molecule has 2 fully saturated rings. The number of fused-ring (bicyclic) bond motifs is 1. The van der Waals surface area contributed by atoms with Crippen molar-refractivity contribution >= 4 is 69.7 Å². The van der Waals surface area contributed by atoms with Gasteiger partial charge in [-0.1, -0.05) is 82.7 Å². The number of hydrogen-bond donors (Lipinski definition) is 5. The van der Waals surface area contributed by atoms with Crippen LogP contribution in [0, 0.1) is 0 Å². The SMILES string of the molecule is CCN1CCN(C(=O)NC(C(=O)N[C@@]2(NC=O)C(=O)N3C(C(=O)OC(c4ccccc4)c4ccccc4)=C(CBr)CS[C@@H]32)c2ccc(O)c(O)c2)C(=O)C1=O. The van der Waals surface area contributed by atoms with E-state index >= 15 is 0 Å². The van der Waals surface area contributed by atoms with Gasteiger partial charge >= 0.3 is 23.8 Å². The quantitative estimate of drug-likeness (QED) is 0.0339. The number of benzene rings is 3. The van der Waals surface area contributed by atoms with Gasteiger partial charge in [-0.2, -0.15) is 0 Å². The molecule has 3 aliphatic heterocycles. The van der Waals surface area contributed by atoms with Crippen LogP contribution in [-0.4, -0.2) is 109 Å². The van der Waals surface area contributed by atoms with Crippen LogP contribution >= 0.6 is 27.7 Å². The first-order valence-corrected chi connectivity index (χ1v) is 19.1. The van der Waals surface area contributed by atoms with Gasteiger partial charge in [0.2, 0.25) is 18.0 Å². The van der Waals surface area contributed by atoms with Gasteiger partial charge in [0.05, 0.1) is 0 Å². The van der Waals surface area contributed by atoms with Crippen molar-refractivity contribution in [3.63, 3.8) is 0 Å². The van der Waals surface area contributed by atoms with Crippen LogP contribution in [0.1, 0.15) is 35.8 Å². The molecule has 0 saturated carbocycles. The molecule has 3 aromatic rings. The molecule has 2 saturated heterocycles. The van der Waals surface area contributed by atoms with Crippen LogP contribution in [-0.2, 0) is 33.5 Å². The summed E-state index contributed by atoms with van der Waals surface area (Å²) in [6, 6.07) is 18.4. The number of likely N-dealkylation sites (N-methyl/N-ethyl adjacent to an activating group) is 1. The molecule has 0 aliphatic carbocycles. The monoisotopic (exact) mass is 834 g/mol. The van der Waals surface area contributed by atoms with Gasteiger partial charge in [0, 0.05) is 30.7 Å². The number of aromatic hydroxyl groups is 2. The van der Waals surface area contributed by atoms with E-state index in [1.54, 1.807) is 55.5 Å². The lowest BCUT2D eigenvalue weighted by atomic mass is 9.94. The molecule has 0 spiro atoms. The van der Waals surface area contributed by atoms with E-state index in [-0.39, 0.29) is 48.4 Å². The molecular weight excluding hydrogens is 800 g/mol. The second kappa shape index (κ2) is 16.2. The molecule has 16 nitrogen and oxygen atoms in total. The average molecular weight is 836 g/mol. The summed E-state index contributed by atoms with van der Waals surface area (Å²) in [6.07, 6.45) is -0.644. The topological polar surface area (TPSA) is 215 Å². The minimum Gasteiger partial charge on any atom is -0.504 e. The third-order valence-corrected chi connectivity index (χ3v) is 11.4. The first kappa shape index (κ1) is 38.8. The van der Waals surface area contributed by atoms with Gasteiger partial charge in [-0.3, -0.25) is 33.8 Å². The van der Waals surface area contributed by atoms with Crippen LogP contribution in [0.15, 0.2) is 90.1 Å². The number of piperazine rings is 1. The molecule has 3 aromatic carbocycles. The standard InChI is InChI=1S/C37H35BrN6O10S/c1-2-42-15-16-43(32(50)31(42)49)36(53)40-27(23-13-14-25(46)26(47)17-23)30(48)41-37(39-20-45)34(52)44-28(24(18-38)19-55-35(37)44)33(51)54-29(21-9-5-3-6-10-21)22-11-7-4-8-12-22/h3-14,17,20,27,29,35,46-47H,2,15-16,18-19H2,1H3,(H,39,45)(H,40,53)(H,41,48)/t27?,35-,37+/m1/s1. The highest BCUT2D eigenvalue weighted by Crippen LogP contribution is 2.46. The number of phenols is 2. The number of carbonyl (C=O) groups is 7. The molecule has 0 radical (unpaired) electrons. The van der Waals surface area contributed by atoms with Gasteiger partial charge < -0.3 is 35.8 Å². The van der Waals surface area contributed by atoms with E-state index in [1.807, 2.05) is 12.1 Å². The number of imide groups is 1. The van der Waals surface area contributed by atoms with E-state index in [9.17, 15) is 43.8 Å². The molecular formula is C37H35BrN6O10S. The van der Waals surface area contributed by atoms with Crippen molar-refractivity contribution in [2.24, 2.45) is 0 Å². The highest BCUT2D eigenvalue weighted by Gasteiger charge is 2.66. The zero-order valence-electron chi connectivity index (χ0n) is 29.1. The number of esters is 1. The highest BCUT2D eigenvalue weighted by atomic mass is 79.9. The predicted octanol–water partition coefficient (Wildman–Crippen LogP) is 1.99. The second-order valence-electron chi connectivity index (χ2n) is 12.6. The fourth-order valence-electron chi connectivity index (χ4n) is 6.49. The number of hydrogen-bond acceptors (Lipinski definition) is 11. The lowest BCUT2D eigenvalue weighted by molar-refractivity contribution is -0.164. The fraction of sp³-hybridized carbons (Fsp3) is 0.270. The van der Waals surface area contributed by atoms with Crippen molar-refractivity contribution in [1.82, 2.24) is 30.7 Å². The number of nitrogens with zero attached hydrogens (tertiary/aromatic N) is 3. The van der Waals surface area contributed by atoms with E-state index < -0.39 is 70.3 Å². The number of ether oxygens (including phenoxy) is 1. The largest absolute Gasteiger partial charge is 0.504 e. The third kappa shape index (κ3) is 7.34. The number of β-lactam (4-membered cyclic amide) rings is 1. The normalized spacial score (nSPS) is 20.0. The maximum atomic E-state index is 14.3. The number of alkyl halides is 1. The Labute approximate surface area is 327 Å². The van der Waals surface area contributed by atoms with E-state index in [0.29, 0.717) is 21.6 Å². The number of carbonyl (C=O) groups excluding carboxylic acids is 7. The minimum absolute atomic E-state index is 0.0487. The summed E-state index contributed by atoms with van der Waals surface area (Å²) in [4.78, 5) is 96.5. The van der Waals surface area contributed by atoms with Gasteiger partial charge in [0.1, 0.15) is 17.1 Å². The van der Waals surface area contributed by atoms with Crippen molar-refractivity contribution in [3.05, 3.63) is 107 Å². The maximum Gasteiger partial charge on any atom is 0.356 e. The summed E-state index contributed by atoms with van der Waals surface area (Å²) in [6.45, 7) is 1.77. The van der Waals surface area contributed by atoms with Gasteiger partial charge in [-0.15, -0.1) is 11.8 Å². The maximum absolute atomic E-state index is 14.3. The molecule has 0 bridgehead atoms. The fourth-order valence-corrected chi connectivity index (χ4v) is 8.65. The third-order valence-electron chi connectivity index (χ3n) is 9.34. The van der Waals surface area contributed by atoms with Gasteiger partial charge in [0.15, 0.2) is 17.6 Å². The Morgan fingerprint density at radius 2 is 1.60 bits per heavy atom. The Morgan fingerprint density at radius 1 is 0.945 bits per heavy atom. The first-order chi connectivity index (χ1) is 26.4. The van der Waals surface area contributed by atoms with Crippen molar-refractivity contribution < 1.29 is 48.5 Å². The predicted molar refractivity (Wildman–Crippen MR) is 200 cm³/mol. The van der Waals surface area contributed by atoms with Gasteiger partial charge in [0.25, 0.3) is 5.91 Å². The summed E-state index contributed by atoms with van der Waals surface area (Å²) < 4.78 is 6.10. The van der Waals surface area contributed by atoms with E-state index in [4.69, 9.17) is 4.74 Å². The smallest absolute Gasteiger partial charge is 0.356 e. The summed E-state index contributed by atoms with van der Waals surface area (Å²) in [5.41, 5.74) is -0.454. The highest BCUT2D eigenvalue weighted by molar-refractivity contribution is 9.09. The van der Waals surface area contributed by atoms with Gasteiger partial charge in [-0.25, -0.2) is 9.59 Å². The molecule has 1 unspecified atom stereocenters. The van der Waals surface area contributed by atoms with Gasteiger partial charge in [-0.05, 0) is 41.3 Å². The van der Waals surface area contributed by atoms with Crippen molar-refractivity contribution in [3.8, 4) is 11.5 Å². The molecule has 3 aliphatic rings. The average Bonchev–Trinajstić information content (AvgIpc) is 3.20. The Bertz CT molecular complexity index is 2030. The number of urea groups is 1. The zero-order chi connectivity index (χ0) is 39.4. The van der Waals surface area contributed by atoms with Crippen LogP contribution in [0.2, 0.25) is 0 Å². The van der Waals surface area contributed by atoms with Crippen molar-refractivity contribution in [2.45, 2.75) is 30.1 Å². The van der Waals surface area contributed by atoms with Crippen molar-refractivity contribution in [1.29, 1.82) is 0 Å². The summed E-state index contributed by atoms with van der Waals surface area (Å²) in [5.74, 6) is -5.87. The molecule has 55 heavy (non-hydrogen) atoms. The summed E-state index contributed by atoms with van der Waals surface area (Å²) in [7, 11) is 0. The molecule has 18 heteroatoms. The van der Waals surface area contributed by atoms with E-state index in [1.165, 1.54) is 11.0 Å². The van der Waals surface area contributed by atoms with Crippen LogP contribution in [0.25, 0.3) is 0 Å². The molecule has 3 atom stereocenters. The summed E-state index contributed by atoms with van der Waals surface area (Å²) in [5, 5.41) is 26.6. The van der Waals surface area contributed by atoms with E-state index in [0.717, 1.165) is 28.8 Å². The minimum atomic E-state index is -2.15. The zero-order valence-corrected chi connectivity index (χ0v) is 31.5. The number of thioether (sulfide) groups is 1. The molecule has 0 aromatic heterocycles. The number of rotatable bonds is 12. The number of nitrogens with one attached hydrogen (secondary N) is 3. The Kier molecular flexibility index (Phi) is 11.5. The lowest BCUT2D eigenvalue weighted by Gasteiger charge is -2.56. The van der Waals surface area contributed by atoms with Crippen LogP contribution < -0.4 is 16.0 Å². The molecule has 286 valence electrons.